The summed E-state index contributed by atoms with van der Waals surface area (Å²) in [6.07, 6.45) is 7.16. The van der Waals surface area contributed by atoms with E-state index < -0.39 is 23.8 Å². The second kappa shape index (κ2) is 47.6. The highest BCUT2D eigenvalue weighted by Gasteiger charge is 2.02. The van der Waals surface area contributed by atoms with Crippen LogP contribution >= 0.6 is 0 Å². The highest BCUT2D eigenvalue weighted by atomic mass is 16.6. The number of unbranched alkanes of at least 4 members (excludes halogenated alkanes) is 1. The molecule has 0 aliphatic rings. The van der Waals surface area contributed by atoms with E-state index >= 15 is 0 Å². The minimum absolute atomic E-state index is 0.167. The third-order valence-electron chi connectivity index (χ3n) is 2.46. The maximum Gasteiger partial charge on any atom is 0.344 e. The molecule has 0 heterocycles. The SMILES string of the molecule is C=CC(=O)O.C=CC(=O)OCC.C=CC(=O)OCC(=O)OC.C=CC(=O)OCCCC.C=CC(N)=O.CC(C)=O.CC(C)=O. The summed E-state index contributed by atoms with van der Waals surface area (Å²) in [4.78, 5) is 78.6. The molecule has 0 saturated carbocycles. The van der Waals surface area contributed by atoms with Crippen LogP contribution in [0.5, 0.6) is 0 Å². The Bertz CT molecular complexity index is 853. The number of nitrogens with two attached hydrogens (primary N) is 1. The van der Waals surface area contributed by atoms with E-state index in [1.807, 2.05) is 6.92 Å². The molecular weight excluding hydrogens is 582 g/mol. The van der Waals surface area contributed by atoms with Crippen LogP contribution in [0.25, 0.3) is 0 Å². The first kappa shape index (κ1) is 54.9. The van der Waals surface area contributed by atoms with Crippen molar-refractivity contribution in [1.29, 1.82) is 0 Å². The number of aliphatic carboxylic acids is 1. The van der Waals surface area contributed by atoms with Gasteiger partial charge in [-0.05, 0) is 47.1 Å². The summed E-state index contributed by atoms with van der Waals surface area (Å²) in [5.41, 5.74) is 4.53. The molecule has 0 rings (SSSR count). The zero-order valence-electron chi connectivity index (χ0n) is 26.9. The number of ketones is 2. The first-order chi connectivity index (χ1) is 20.3. The number of carbonyl (C=O) groups is 8. The third kappa shape index (κ3) is 120. The molecule has 0 aromatic heterocycles. The molecule has 0 aromatic rings. The first-order valence-electron chi connectivity index (χ1n) is 12.5. The number of Topliss-reactive ketones (excluding diaryl/α,β-unsaturated/α-hetero) is 2. The number of esters is 4. The van der Waals surface area contributed by atoms with Gasteiger partial charge in [-0.2, -0.15) is 0 Å². The lowest BCUT2D eigenvalue weighted by atomic mass is 10.4. The van der Waals surface area contributed by atoms with Gasteiger partial charge in [0.05, 0.1) is 20.3 Å². The van der Waals surface area contributed by atoms with Gasteiger partial charge < -0.3 is 39.4 Å². The lowest BCUT2D eigenvalue weighted by Crippen LogP contribution is -2.13. The van der Waals surface area contributed by atoms with Crippen molar-refractivity contribution in [2.75, 3.05) is 26.9 Å². The van der Waals surface area contributed by atoms with Gasteiger partial charge in [0.1, 0.15) is 11.6 Å². The van der Waals surface area contributed by atoms with Crippen molar-refractivity contribution >= 4 is 47.3 Å². The summed E-state index contributed by atoms with van der Waals surface area (Å²) in [6.45, 7) is 26.1. The smallest absolute Gasteiger partial charge is 0.344 e. The average molecular weight is 632 g/mol. The van der Waals surface area contributed by atoms with Crippen LogP contribution in [0.1, 0.15) is 54.4 Å². The molecule has 1 amide bonds. The standard InChI is InChI=1S/C7H12O2.C6H8O4.C5H8O2.C3H5NO.C3H4O2.2C3H6O/c1-3-5-6-9-7(8)4-2;1-3-5(7)10-4-6(8)9-2;1-3-5(6)7-4-2;2*1-2-3(4)5;2*1-3(2)4/h4H,2-3,5-6H2,1H3;3H,1,4H2,2H3;3H,1,4H2,2H3;2H,1H2,(H2,4,5);2H,1H2,(H,4,5);2*1-2H3. The van der Waals surface area contributed by atoms with Gasteiger partial charge in [0.2, 0.25) is 5.91 Å². The number of amides is 1. The highest BCUT2D eigenvalue weighted by Crippen LogP contribution is 1.88. The number of ether oxygens (including phenoxy) is 4. The Hall–Kier alpha value is -5.14. The fourth-order valence-electron chi connectivity index (χ4n) is 0.825. The molecule has 0 saturated heterocycles. The Balaban J connectivity index is -0.0000000748. The topological polar surface area (TPSA) is 220 Å². The van der Waals surface area contributed by atoms with Gasteiger partial charge in [0.15, 0.2) is 6.61 Å². The average Bonchev–Trinajstić information content (AvgIpc) is 2.96. The number of primary amides is 1. The van der Waals surface area contributed by atoms with Crippen molar-refractivity contribution in [3.63, 3.8) is 0 Å². The number of carboxylic acids is 1. The van der Waals surface area contributed by atoms with E-state index in [1.54, 1.807) is 6.92 Å². The van der Waals surface area contributed by atoms with Gasteiger partial charge in [0, 0.05) is 24.3 Å². The van der Waals surface area contributed by atoms with E-state index in [0.29, 0.717) is 13.2 Å². The maximum absolute atomic E-state index is 10.3. The largest absolute Gasteiger partial charge is 0.478 e. The van der Waals surface area contributed by atoms with Crippen LogP contribution in [-0.2, 0) is 57.3 Å². The van der Waals surface area contributed by atoms with Crippen LogP contribution < -0.4 is 5.73 Å². The molecule has 44 heavy (non-hydrogen) atoms. The third-order valence-corrected chi connectivity index (χ3v) is 2.46. The predicted molar refractivity (Wildman–Crippen MR) is 166 cm³/mol. The Morgan fingerprint density at radius 1 is 0.659 bits per heavy atom. The number of hydrogen-bond donors (Lipinski definition) is 2. The van der Waals surface area contributed by atoms with Crippen molar-refractivity contribution < 1.29 is 62.4 Å². The van der Waals surface area contributed by atoms with Gasteiger partial charge in [-0.3, -0.25) is 4.79 Å². The molecule has 14 heteroatoms. The van der Waals surface area contributed by atoms with Crippen LogP contribution in [0.3, 0.4) is 0 Å². The Labute approximate surface area is 260 Å². The van der Waals surface area contributed by atoms with E-state index in [0.717, 1.165) is 37.1 Å². The summed E-state index contributed by atoms with van der Waals surface area (Å²) < 4.78 is 17.6. The number of methoxy groups -OCH3 is 1. The van der Waals surface area contributed by atoms with Gasteiger partial charge in [0.25, 0.3) is 0 Å². The van der Waals surface area contributed by atoms with Crippen molar-refractivity contribution in [2.45, 2.75) is 54.4 Å². The van der Waals surface area contributed by atoms with Gasteiger partial charge in [-0.25, -0.2) is 24.0 Å². The molecule has 14 nitrogen and oxygen atoms in total. The molecule has 0 aromatic carbocycles. The molecule has 0 bridgehead atoms. The van der Waals surface area contributed by atoms with Crippen molar-refractivity contribution in [3.8, 4) is 0 Å². The van der Waals surface area contributed by atoms with Crippen LogP contribution in [0.15, 0.2) is 63.3 Å². The maximum atomic E-state index is 10.3. The molecule has 0 spiro atoms. The number of carboxylic acid groups (broad SMARTS) is 1. The molecule has 0 unspecified atom stereocenters. The predicted octanol–water partition coefficient (Wildman–Crippen LogP) is 3.25. The first-order valence-corrected chi connectivity index (χ1v) is 12.5. The van der Waals surface area contributed by atoms with Crippen molar-refractivity contribution in [2.24, 2.45) is 5.73 Å². The van der Waals surface area contributed by atoms with Crippen LogP contribution in [0.2, 0.25) is 0 Å². The number of carbonyl (C=O) groups excluding carboxylic acids is 7. The molecule has 252 valence electrons. The molecule has 0 aliphatic heterocycles. The summed E-state index contributed by atoms with van der Waals surface area (Å²) >= 11 is 0. The Kier molecular flexibility index (Phi) is 59.4. The zero-order chi connectivity index (χ0) is 36.5. The molecule has 0 aliphatic carbocycles. The van der Waals surface area contributed by atoms with Crippen LogP contribution in [0, 0.1) is 0 Å². The monoisotopic (exact) mass is 631 g/mol. The summed E-state index contributed by atoms with van der Waals surface area (Å²) in [7, 11) is 1.21. The Morgan fingerprint density at radius 2 is 0.977 bits per heavy atom. The Morgan fingerprint density at radius 3 is 1.18 bits per heavy atom. The van der Waals surface area contributed by atoms with Crippen LogP contribution in [0.4, 0.5) is 0 Å². The fraction of sp³-hybridized carbons (Fsp3) is 0.400. The molecule has 0 atom stereocenters. The normalized spacial score (nSPS) is 7.43. The molecule has 0 radical (unpaired) electrons. The molecule has 3 N–H and O–H groups in total. The highest BCUT2D eigenvalue weighted by molar-refractivity contribution is 5.85. The van der Waals surface area contributed by atoms with E-state index in [4.69, 9.17) is 5.11 Å². The number of hydrogen-bond acceptors (Lipinski definition) is 12. The lowest BCUT2D eigenvalue weighted by Gasteiger charge is -1.97. The molecular formula is C30H49NO13. The van der Waals surface area contributed by atoms with Gasteiger partial charge in [-0.15, -0.1) is 0 Å². The second-order valence-corrected chi connectivity index (χ2v) is 7.03. The second-order valence-electron chi connectivity index (χ2n) is 7.03. The quantitative estimate of drug-likeness (QED) is 0.145. The zero-order valence-corrected chi connectivity index (χ0v) is 26.9. The van der Waals surface area contributed by atoms with Crippen molar-refractivity contribution in [3.05, 3.63) is 63.3 Å². The van der Waals surface area contributed by atoms with Crippen molar-refractivity contribution in [1.82, 2.24) is 0 Å². The molecule has 0 fully saturated rings. The van der Waals surface area contributed by atoms with Crippen LogP contribution in [-0.4, -0.2) is 79.4 Å². The van der Waals surface area contributed by atoms with Gasteiger partial charge in [-0.1, -0.05) is 46.2 Å². The summed E-state index contributed by atoms with van der Waals surface area (Å²) in [5, 5.41) is 7.60. The minimum Gasteiger partial charge on any atom is -0.478 e. The summed E-state index contributed by atoms with van der Waals surface area (Å²) in [5.74, 6) is -3.04. The minimum atomic E-state index is -0.981. The van der Waals surface area contributed by atoms with E-state index in [9.17, 15) is 38.4 Å². The van der Waals surface area contributed by atoms with E-state index in [-0.39, 0.29) is 30.1 Å². The summed E-state index contributed by atoms with van der Waals surface area (Å²) in [6, 6.07) is 0. The van der Waals surface area contributed by atoms with Gasteiger partial charge >= 0.3 is 29.8 Å². The van der Waals surface area contributed by atoms with E-state index in [1.165, 1.54) is 40.9 Å². The fourth-order valence-corrected chi connectivity index (χ4v) is 0.825. The lowest BCUT2D eigenvalue weighted by molar-refractivity contribution is -0.154. The van der Waals surface area contributed by atoms with E-state index in [2.05, 4.69) is 57.6 Å². The number of rotatable bonds is 11.